The lowest BCUT2D eigenvalue weighted by Crippen LogP contribution is -2.60. The smallest absolute Gasteiger partial charge is 0.150 e. The summed E-state index contributed by atoms with van der Waals surface area (Å²) in [4.78, 5) is 2.44. The molecule has 0 bridgehead atoms. The van der Waals surface area contributed by atoms with Gasteiger partial charge in [0.15, 0.2) is 5.76 Å². The normalized spacial score (nSPS) is 25.9. The minimum Gasteiger partial charge on any atom is -0.360 e. The summed E-state index contributed by atoms with van der Waals surface area (Å²) in [5, 5.41) is 7.47. The fraction of sp³-hybridized carbons (Fsp3) is 0.750. The zero-order valence-electron chi connectivity index (χ0n) is 10.6. The van der Waals surface area contributed by atoms with E-state index < -0.39 is 0 Å². The molecule has 1 aliphatic heterocycles. The molecule has 90 valence electrons. The fourth-order valence-corrected chi connectivity index (χ4v) is 2.18. The summed E-state index contributed by atoms with van der Waals surface area (Å²) in [6, 6.07) is 2.56. The van der Waals surface area contributed by atoms with Crippen LogP contribution in [0.2, 0.25) is 0 Å². The number of piperazine rings is 1. The Kier molecular flexibility index (Phi) is 3.04. The molecule has 16 heavy (non-hydrogen) atoms. The average Bonchev–Trinajstić information content (AvgIpc) is 2.58. The maximum Gasteiger partial charge on any atom is 0.150 e. The topological polar surface area (TPSA) is 41.3 Å². The van der Waals surface area contributed by atoms with Crippen LogP contribution < -0.4 is 5.32 Å². The van der Waals surface area contributed by atoms with Crippen molar-refractivity contribution in [3.63, 3.8) is 0 Å². The standard InChI is InChI=1S/C12H21N3O/c1-9-5-11(16-14-9)7-15-8-12(3,4)13-6-10(15)2/h5,10,13H,6-8H2,1-4H3. The summed E-state index contributed by atoms with van der Waals surface area (Å²) in [6.45, 7) is 11.6. The number of aromatic nitrogens is 1. The minimum absolute atomic E-state index is 0.182. The molecule has 1 N–H and O–H groups in total. The van der Waals surface area contributed by atoms with E-state index in [-0.39, 0.29) is 5.54 Å². The highest BCUT2D eigenvalue weighted by Gasteiger charge is 2.30. The molecule has 4 nitrogen and oxygen atoms in total. The van der Waals surface area contributed by atoms with Gasteiger partial charge in [0.2, 0.25) is 0 Å². The molecular formula is C12H21N3O. The van der Waals surface area contributed by atoms with Gasteiger partial charge in [0.1, 0.15) is 0 Å². The highest BCUT2D eigenvalue weighted by molar-refractivity contribution is 5.04. The predicted octanol–water partition coefficient (Wildman–Crippen LogP) is 1.56. The van der Waals surface area contributed by atoms with Crippen LogP contribution >= 0.6 is 0 Å². The Morgan fingerprint density at radius 1 is 1.62 bits per heavy atom. The Balaban J connectivity index is 2.02. The van der Waals surface area contributed by atoms with E-state index in [4.69, 9.17) is 4.52 Å². The summed E-state index contributed by atoms with van der Waals surface area (Å²) >= 11 is 0. The molecule has 1 unspecified atom stereocenters. The average molecular weight is 223 g/mol. The number of aryl methyl sites for hydroxylation is 1. The van der Waals surface area contributed by atoms with Crippen LogP contribution in [0.4, 0.5) is 0 Å². The van der Waals surface area contributed by atoms with Crippen LogP contribution in [-0.2, 0) is 6.54 Å². The summed E-state index contributed by atoms with van der Waals surface area (Å²) in [5.41, 5.74) is 1.14. The zero-order valence-corrected chi connectivity index (χ0v) is 10.6. The summed E-state index contributed by atoms with van der Waals surface area (Å²) in [7, 11) is 0. The summed E-state index contributed by atoms with van der Waals surface area (Å²) in [5.74, 6) is 0.960. The third-order valence-corrected chi connectivity index (χ3v) is 3.13. The Bertz CT molecular complexity index is 359. The SMILES string of the molecule is Cc1cc(CN2CC(C)(C)NCC2C)on1. The lowest BCUT2D eigenvalue weighted by molar-refractivity contribution is 0.0884. The number of hydrogen-bond donors (Lipinski definition) is 1. The summed E-state index contributed by atoms with van der Waals surface area (Å²) < 4.78 is 5.27. The van der Waals surface area contributed by atoms with Crippen LogP contribution in [0.1, 0.15) is 32.2 Å². The Morgan fingerprint density at radius 3 is 3.00 bits per heavy atom. The lowest BCUT2D eigenvalue weighted by atomic mass is 9.99. The molecule has 1 aromatic heterocycles. The quantitative estimate of drug-likeness (QED) is 0.826. The third-order valence-electron chi connectivity index (χ3n) is 3.13. The van der Waals surface area contributed by atoms with Crippen molar-refractivity contribution in [1.82, 2.24) is 15.4 Å². The van der Waals surface area contributed by atoms with Crippen LogP contribution in [-0.4, -0.2) is 34.7 Å². The van der Waals surface area contributed by atoms with Gasteiger partial charge in [0.05, 0.1) is 12.2 Å². The molecule has 0 aliphatic carbocycles. The molecule has 0 aromatic carbocycles. The molecule has 1 saturated heterocycles. The Hall–Kier alpha value is -0.870. The third kappa shape index (κ3) is 2.62. The summed E-state index contributed by atoms with van der Waals surface area (Å²) in [6.07, 6.45) is 0. The van der Waals surface area contributed by atoms with Crippen molar-refractivity contribution < 1.29 is 4.52 Å². The van der Waals surface area contributed by atoms with Crippen LogP contribution in [0.25, 0.3) is 0 Å². The number of nitrogens with one attached hydrogen (secondary N) is 1. The fourth-order valence-electron chi connectivity index (χ4n) is 2.18. The van der Waals surface area contributed by atoms with Gasteiger partial charge in [0.25, 0.3) is 0 Å². The highest BCUT2D eigenvalue weighted by Crippen LogP contribution is 2.18. The predicted molar refractivity (Wildman–Crippen MR) is 63.2 cm³/mol. The van der Waals surface area contributed by atoms with Gasteiger partial charge in [-0.25, -0.2) is 0 Å². The molecule has 1 fully saturated rings. The van der Waals surface area contributed by atoms with E-state index in [1.54, 1.807) is 0 Å². The van der Waals surface area contributed by atoms with Crippen LogP contribution in [0, 0.1) is 6.92 Å². The van der Waals surface area contributed by atoms with Crippen LogP contribution in [0.3, 0.4) is 0 Å². The number of rotatable bonds is 2. The molecule has 1 aliphatic rings. The van der Waals surface area contributed by atoms with Gasteiger partial charge in [-0.1, -0.05) is 5.16 Å². The number of hydrogen-bond acceptors (Lipinski definition) is 4. The number of nitrogens with zero attached hydrogens (tertiary/aromatic N) is 2. The lowest BCUT2D eigenvalue weighted by Gasteiger charge is -2.42. The highest BCUT2D eigenvalue weighted by atomic mass is 16.5. The van der Waals surface area contributed by atoms with E-state index in [9.17, 15) is 0 Å². The monoisotopic (exact) mass is 223 g/mol. The first-order valence-electron chi connectivity index (χ1n) is 5.87. The van der Waals surface area contributed by atoms with Crippen LogP contribution in [0.15, 0.2) is 10.6 Å². The Labute approximate surface area is 97.0 Å². The van der Waals surface area contributed by atoms with Crippen molar-refractivity contribution in [3.8, 4) is 0 Å². The molecule has 1 aromatic rings. The van der Waals surface area contributed by atoms with Crippen molar-refractivity contribution in [1.29, 1.82) is 0 Å². The molecule has 0 spiro atoms. The van der Waals surface area contributed by atoms with Gasteiger partial charge in [-0.3, -0.25) is 4.90 Å². The van der Waals surface area contributed by atoms with E-state index in [1.807, 2.05) is 13.0 Å². The second kappa shape index (κ2) is 4.18. The second-order valence-electron chi connectivity index (χ2n) is 5.45. The molecule has 4 heteroatoms. The Morgan fingerprint density at radius 2 is 2.38 bits per heavy atom. The molecular weight excluding hydrogens is 202 g/mol. The van der Waals surface area contributed by atoms with Crippen molar-refractivity contribution in [2.24, 2.45) is 0 Å². The van der Waals surface area contributed by atoms with Gasteiger partial charge < -0.3 is 9.84 Å². The van der Waals surface area contributed by atoms with E-state index in [1.165, 1.54) is 0 Å². The first-order chi connectivity index (χ1) is 7.46. The van der Waals surface area contributed by atoms with Crippen molar-refractivity contribution in [2.45, 2.75) is 45.8 Å². The van der Waals surface area contributed by atoms with E-state index in [0.29, 0.717) is 6.04 Å². The molecule has 2 heterocycles. The van der Waals surface area contributed by atoms with Crippen LogP contribution in [0.5, 0.6) is 0 Å². The first kappa shape index (κ1) is 11.6. The zero-order chi connectivity index (χ0) is 11.8. The van der Waals surface area contributed by atoms with Gasteiger partial charge in [-0.05, 0) is 27.7 Å². The van der Waals surface area contributed by atoms with Gasteiger partial charge in [-0.2, -0.15) is 0 Å². The van der Waals surface area contributed by atoms with Crippen molar-refractivity contribution in [3.05, 3.63) is 17.5 Å². The maximum absolute atomic E-state index is 5.27. The van der Waals surface area contributed by atoms with Crippen molar-refractivity contribution in [2.75, 3.05) is 13.1 Å². The first-order valence-corrected chi connectivity index (χ1v) is 5.87. The van der Waals surface area contributed by atoms with E-state index >= 15 is 0 Å². The molecule has 0 saturated carbocycles. The van der Waals surface area contributed by atoms with Gasteiger partial charge in [-0.15, -0.1) is 0 Å². The maximum atomic E-state index is 5.27. The molecule has 0 amide bonds. The van der Waals surface area contributed by atoms with Gasteiger partial charge in [0, 0.05) is 30.7 Å². The van der Waals surface area contributed by atoms with E-state index in [2.05, 4.69) is 36.1 Å². The largest absolute Gasteiger partial charge is 0.360 e. The minimum atomic E-state index is 0.182. The molecule has 2 rings (SSSR count). The van der Waals surface area contributed by atoms with E-state index in [0.717, 1.165) is 31.1 Å². The van der Waals surface area contributed by atoms with Gasteiger partial charge >= 0.3 is 0 Å². The molecule has 1 atom stereocenters. The second-order valence-corrected chi connectivity index (χ2v) is 5.45. The van der Waals surface area contributed by atoms with Crippen molar-refractivity contribution >= 4 is 0 Å². The molecule has 0 radical (unpaired) electrons.